The first-order valence-corrected chi connectivity index (χ1v) is 4.81. The van der Waals surface area contributed by atoms with Crippen molar-refractivity contribution in [2.45, 2.75) is 27.2 Å². The largest absolute Gasteiger partial charge is 0.351 e. The van der Waals surface area contributed by atoms with Crippen LogP contribution in [-0.2, 0) is 4.79 Å². The van der Waals surface area contributed by atoms with Crippen LogP contribution in [0.1, 0.15) is 27.2 Å². The first-order chi connectivity index (χ1) is 5.40. The molecule has 0 fully saturated rings. The Morgan fingerprint density at radius 3 is 2.42 bits per heavy atom. The van der Waals surface area contributed by atoms with E-state index in [-0.39, 0.29) is 11.3 Å². The van der Waals surface area contributed by atoms with Crippen LogP contribution in [0.3, 0.4) is 0 Å². The van der Waals surface area contributed by atoms with Crippen LogP contribution in [0.15, 0.2) is 11.1 Å². The highest BCUT2D eigenvalue weighted by Gasteiger charge is 2.24. The third-order valence-corrected chi connectivity index (χ3v) is 2.22. The molecule has 0 bridgehead atoms. The molecule has 0 aliphatic rings. The molecule has 0 aliphatic heterocycles. The number of carbonyl (C=O) groups excluding carboxylic acids is 1. The van der Waals surface area contributed by atoms with E-state index in [9.17, 15) is 4.79 Å². The van der Waals surface area contributed by atoms with Crippen molar-refractivity contribution in [2.24, 2.45) is 5.41 Å². The lowest BCUT2D eigenvalue weighted by Gasteiger charge is -2.21. The maximum Gasteiger partial charge on any atom is 0.225 e. The summed E-state index contributed by atoms with van der Waals surface area (Å²) < 4.78 is 0.794. The molecule has 0 rings (SSSR count). The Hall–Kier alpha value is -0.310. The summed E-state index contributed by atoms with van der Waals surface area (Å²) in [5.41, 5.74) is -0.275. The molecule has 2 nitrogen and oxygen atoms in total. The molecule has 0 spiro atoms. The van der Waals surface area contributed by atoms with Gasteiger partial charge in [0.05, 0.1) is 0 Å². The highest BCUT2D eigenvalue weighted by molar-refractivity contribution is 9.11. The summed E-state index contributed by atoms with van der Waals surface area (Å²) >= 11 is 3.18. The molecular formula is C9H16BrNO. The molecule has 12 heavy (non-hydrogen) atoms. The van der Waals surface area contributed by atoms with Crippen LogP contribution in [0.25, 0.3) is 0 Å². The monoisotopic (exact) mass is 233 g/mol. The lowest BCUT2D eigenvalue weighted by Crippen LogP contribution is -2.36. The van der Waals surface area contributed by atoms with Crippen molar-refractivity contribution in [3.63, 3.8) is 0 Å². The van der Waals surface area contributed by atoms with Gasteiger partial charge in [-0.2, -0.15) is 0 Å². The smallest absolute Gasteiger partial charge is 0.225 e. The van der Waals surface area contributed by atoms with Crippen molar-refractivity contribution in [1.82, 2.24) is 5.32 Å². The fraction of sp³-hybridized carbons (Fsp3) is 0.667. The van der Waals surface area contributed by atoms with Crippen LogP contribution in [-0.4, -0.2) is 12.5 Å². The zero-order chi connectivity index (χ0) is 9.78. The Kier molecular flexibility index (Phi) is 4.53. The van der Waals surface area contributed by atoms with E-state index in [4.69, 9.17) is 0 Å². The van der Waals surface area contributed by atoms with E-state index in [1.54, 1.807) is 0 Å². The number of nitrogens with one attached hydrogen (secondary N) is 1. The first kappa shape index (κ1) is 11.7. The number of hydrogen-bond acceptors (Lipinski definition) is 1. The average molecular weight is 234 g/mol. The Labute approximate surface area is 82.5 Å². The van der Waals surface area contributed by atoms with Gasteiger partial charge < -0.3 is 5.32 Å². The van der Waals surface area contributed by atoms with Gasteiger partial charge in [0.15, 0.2) is 0 Å². The highest BCUT2D eigenvalue weighted by Crippen LogP contribution is 2.19. The summed E-state index contributed by atoms with van der Waals surface area (Å²) in [6.07, 6.45) is 0.841. The van der Waals surface area contributed by atoms with Crippen molar-refractivity contribution in [3.05, 3.63) is 11.1 Å². The van der Waals surface area contributed by atoms with Crippen LogP contribution in [0.5, 0.6) is 0 Å². The second-order valence-corrected chi connectivity index (χ2v) is 4.56. The fourth-order valence-electron chi connectivity index (χ4n) is 0.576. The van der Waals surface area contributed by atoms with E-state index in [1.165, 1.54) is 0 Å². The molecule has 0 heterocycles. The van der Waals surface area contributed by atoms with Crippen molar-refractivity contribution in [3.8, 4) is 0 Å². The first-order valence-electron chi connectivity index (χ1n) is 4.01. The number of halogens is 1. The zero-order valence-electron chi connectivity index (χ0n) is 7.91. The second kappa shape index (κ2) is 4.65. The van der Waals surface area contributed by atoms with Crippen molar-refractivity contribution in [2.75, 3.05) is 6.54 Å². The zero-order valence-corrected chi connectivity index (χ0v) is 9.49. The van der Waals surface area contributed by atoms with Crippen molar-refractivity contribution in [1.29, 1.82) is 0 Å². The summed E-state index contributed by atoms with van der Waals surface area (Å²) in [4.78, 5) is 11.4. The van der Waals surface area contributed by atoms with Gasteiger partial charge in [0, 0.05) is 16.4 Å². The van der Waals surface area contributed by atoms with E-state index in [0.717, 1.165) is 10.9 Å². The minimum Gasteiger partial charge on any atom is -0.351 e. The summed E-state index contributed by atoms with van der Waals surface area (Å²) in [7, 11) is 0. The quantitative estimate of drug-likeness (QED) is 0.795. The minimum absolute atomic E-state index is 0.0746. The summed E-state index contributed by atoms with van der Waals surface area (Å²) in [6, 6.07) is 0. The van der Waals surface area contributed by atoms with Gasteiger partial charge in [0.1, 0.15) is 0 Å². The van der Waals surface area contributed by atoms with Gasteiger partial charge in [-0.3, -0.25) is 4.79 Å². The van der Waals surface area contributed by atoms with Crippen LogP contribution in [0, 0.1) is 5.41 Å². The second-order valence-electron chi connectivity index (χ2n) is 3.44. The third-order valence-electron chi connectivity index (χ3n) is 1.94. The maximum absolute atomic E-state index is 11.4. The lowest BCUT2D eigenvalue weighted by atomic mass is 9.89. The third kappa shape index (κ3) is 3.90. The van der Waals surface area contributed by atoms with Crippen molar-refractivity contribution < 1.29 is 4.79 Å². The standard InChI is InChI=1S/C9H16BrNO/c1-5-9(3,4)8(12)11-6-7(2)10/h2,5-6H2,1,3-4H3,(H,11,12). The average Bonchev–Trinajstić information content (AvgIpc) is 2.00. The molecule has 0 aliphatic carbocycles. The molecule has 0 saturated heterocycles. The number of hydrogen-bond donors (Lipinski definition) is 1. The molecule has 3 heteroatoms. The molecular weight excluding hydrogens is 218 g/mol. The normalized spacial score (nSPS) is 11.0. The molecule has 0 saturated carbocycles. The van der Waals surface area contributed by atoms with Crippen LogP contribution in [0.4, 0.5) is 0 Å². The predicted molar refractivity (Wildman–Crippen MR) is 55.1 cm³/mol. The molecule has 0 aromatic rings. The van der Waals surface area contributed by atoms with Gasteiger partial charge >= 0.3 is 0 Å². The van der Waals surface area contributed by atoms with Crippen LogP contribution < -0.4 is 5.32 Å². The Bertz CT molecular complexity index is 187. The van der Waals surface area contributed by atoms with Crippen LogP contribution in [0.2, 0.25) is 0 Å². The topological polar surface area (TPSA) is 29.1 Å². The Morgan fingerprint density at radius 1 is 1.58 bits per heavy atom. The Balaban J connectivity index is 3.96. The van der Waals surface area contributed by atoms with Gasteiger partial charge in [0.25, 0.3) is 0 Å². The van der Waals surface area contributed by atoms with Gasteiger partial charge in [-0.15, -0.1) is 0 Å². The molecule has 0 radical (unpaired) electrons. The van der Waals surface area contributed by atoms with E-state index in [0.29, 0.717) is 6.54 Å². The maximum atomic E-state index is 11.4. The highest BCUT2D eigenvalue weighted by atomic mass is 79.9. The van der Waals surface area contributed by atoms with E-state index < -0.39 is 0 Å². The van der Waals surface area contributed by atoms with E-state index in [1.807, 2.05) is 20.8 Å². The molecule has 0 unspecified atom stereocenters. The van der Waals surface area contributed by atoms with Gasteiger partial charge in [0.2, 0.25) is 5.91 Å². The van der Waals surface area contributed by atoms with Gasteiger partial charge in [-0.1, -0.05) is 43.3 Å². The molecule has 0 aromatic carbocycles. The molecule has 1 amide bonds. The van der Waals surface area contributed by atoms with Gasteiger partial charge in [-0.05, 0) is 6.42 Å². The summed E-state index contributed by atoms with van der Waals surface area (Å²) in [5.74, 6) is 0.0746. The molecule has 0 atom stereocenters. The molecule has 0 aromatic heterocycles. The number of rotatable bonds is 4. The predicted octanol–water partition coefficient (Wildman–Crippen LogP) is 2.45. The number of carbonyl (C=O) groups is 1. The fourth-order valence-corrected chi connectivity index (χ4v) is 0.716. The SMILES string of the molecule is C=C(Br)CNC(=O)C(C)(C)CC. The van der Waals surface area contributed by atoms with E-state index >= 15 is 0 Å². The van der Waals surface area contributed by atoms with E-state index in [2.05, 4.69) is 27.8 Å². The molecule has 1 N–H and O–H groups in total. The minimum atomic E-state index is -0.275. The summed E-state index contributed by atoms with van der Waals surface area (Å²) in [5, 5.41) is 2.79. The Morgan fingerprint density at radius 2 is 2.08 bits per heavy atom. The van der Waals surface area contributed by atoms with Crippen LogP contribution >= 0.6 is 15.9 Å². The number of amides is 1. The van der Waals surface area contributed by atoms with Gasteiger partial charge in [-0.25, -0.2) is 0 Å². The summed E-state index contributed by atoms with van der Waals surface area (Å²) in [6.45, 7) is 10.0. The molecule has 70 valence electrons. The van der Waals surface area contributed by atoms with Crippen molar-refractivity contribution >= 4 is 21.8 Å². The lowest BCUT2D eigenvalue weighted by molar-refractivity contribution is -0.129.